The molecule has 1 N–H and O–H groups in total. The highest BCUT2D eigenvalue weighted by atomic mass is 35.5. The molecule has 0 amide bonds. The third-order valence-corrected chi connectivity index (χ3v) is 8.16. The molecular weight excluding hydrogens is 514 g/mol. The Kier molecular flexibility index (Phi) is 6.50. The Labute approximate surface area is 220 Å². The van der Waals surface area contributed by atoms with Crippen molar-refractivity contribution in [2.75, 3.05) is 36.6 Å². The number of hydrogen-bond acceptors (Lipinski definition) is 9. The third kappa shape index (κ3) is 4.96. The first-order valence-electron chi connectivity index (χ1n) is 11.8. The Morgan fingerprint density at radius 1 is 1.14 bits per heavy atom. The second kappa shape index (κ2) is 9.51. The van der Waals surface area contributed by atoms with E-state index in [0.717, 1.165) is 22.2 Å². The summed E-state index contributed by atoms with van der Waals surface area (Å²) in [5.74, 6) is 2.72. The minimum Gasteiger partial charge on any atom is -0.353 e. The van der Waals surface area contributed by atoms with Gasteiger partial charge in [0, 0.05) is 57.4 Å². The molecule has 0 aromatic carbocycles. The molecule has 0 unspecified atom stereocenters. The van der Waals surface area contributed by atoms with Gasteiger partial charge < -0.3 is 10.2 Å². The first kappa shape index (κ1) is 25.3. The van der Waals surface area contributed by atoms with Crippen LogP contribution in [0.2, 0.25) is 5.15 Å². The van der Waals surface area contributed by atoms with Crippen molar-refractivity contribution in [3.8, 4) is 11.4 Å². The predicted molar refractivity (Wildman–Crippen MR) is 145 cm³/mol. The van der Waals surface area contributed by atoms with Crippen molar-refractivity contribution in [3.63, 3.8) is 0 Å². The number of nitrogens with one attached hydrogen (secondary N) is 1. The van der Waals surface area contributed by atoms with Crippen LogP contribution in [0, 0.1) is 0 Å². The van der Waals surface area contributed by atoms with Gasteiger partial charge in [-0.2, -0.15) is 9.40 Å². The van der Waals surface area contributed by atoms with Crippen LogP contribution in [0.4, 0.5) is 17.5 Å². The van der Waals surface area contributed by atoms with Crippen molar-refractivity contribution >= 4 is 49.9 Å². The number of aryl methyl sites for hydroxylation is 1. The number of likely N-dealkylation sites (N-methyl/N-ethyl adjacent to an activating group) is 1. The van der Waals surface area contributed by atoms with Crippen LogP contribution in [0.5, 0.6) is 0 Å². The summed E-state index contributed by atoms with van der Waals surface area (Å²) in [6.45, 7) is 5.40. The summed E-state index contributed by atoms with van der Waals surface area (Å²) in [6, 6.07) is 3.68. The maximum Gasteiger partial charge on any atom is 0.211 e. The SMILES string of the molecule is CC(C)c1cnc(N2CC(N(C)S(C)(=O)=O)C2)c2cnc(Nc3ccnc(-c4cn(C)nc4Cl)n3)cc12. The average Bonchev–Trinajstić information content (AvgIpc) is 3.15. The van der Waals surface area contributed by atoms with E-state index in [-0.39, 0.29) is 12.0 Å². The van der Waals surface area contributed by atoms with Crippen LogP contribution >= 0.6 is 11.6 Å². The molecule has 0 spiro atoms. The number of anilines is 3. The summed E-state index contributed by atoms with van der Waals surface area (Å²) < 4.78 is 26.8. The van der Waals surface area contributed by atoms with E-state index in [1.807, 2.05) is 12.3 Å². The molecule has 1 saturated heterocycles. The molecule has 0 saturated carbocycles. The summed E-state index contributed by atoms with van der Waals surface area (Å²) >= 11 is 6.22. The first-order chi connectivity index (χ1) is 17.5. The highest BCUT2D eigenvalue weighted by Crippen LogP contribution is 2.35. The van der Waals surface area contributed by atoms with Crippen LogP contribution in [-0.2, 0) is 17.1 Å². The van der Waals surface area contributed by atoms with Crippen molar-refractivity contribution in [1.29, 1.82) is 0 Å². The Bertz CT molecular complexity index is 1580. The van der Waals surface area contributed by atoms with E-state index in [4.69, 9.17) is 16.6 Å². The summed E-state index contributed by atoms with van der Waals surface area (Å²) in [5, 5.41) is 9.71. The molecule has 4 aromatic heterocycles. The third-order valence-electron chi connectivity index (χ3n) is 6.54. The van der Waals surface area contributed by atoms with E-state index in [1.165, 1.54) is 10.6 Å². The van der Waals surface area contributed by atoms with Crippen molar-refractivity contribution in [2.45, 2.75) is 25.8 Å². The van der Waals surface area contributed by atoms with E-state index in [0.29, 0.717) is 41.3 Å². The Morgan fingerprint density at radius 2 is 1.89 bits per heavy atom. The molecule has 1 aliphatic heterocycles. The largest absolute Gasteiger partial charge is 0.353 e. The number of pyridine rings is 2. The maximum atomic E-state index is 11.9. The second-order valence-electron chi connectivity index (χ2n) is 9.54. The number of rotatable bonds is 7. The monoisotopic (exact) mass is 541 g/mol. The van der Waals surface area contributed by atoms with Crippen LogP contribution in [0.3, 0.4) is 0 Å². The van der Waals surface area contributed by atoms with E-state index < -0.39 is 10.0 Å². The summed E-state index contributed by atoms with van der Waals surface area (Å²) in [5.41, 5.74) is 1.74. The topological polar surface area (TPSA) is 122 Å². The predicted octanol–water partition coefficient (Wildman–Crippen LogP) is 3.42. The zero-order valence-corrected chi connectivity index (χ0v) is 22.8. The minimum absolute atomic E-state index is 0.0780. The van der Waals surface area contributed by atoms with Crippen LogP contribution < -0.4 is 10.2 Å². The summed E-state index contributed by atoms with van der Waals surface area (Å²) in [7, 11) is 0.161. The Morgan fingerprint density at radius 3 is 2.54 bits per heavy atom. The van der Waals surface area contributed by atoms with Crippen molar-refractivity contribution in [3.05, 3.63) is 47.6 Å². The van der Waals surface area contributed by atoms with E-state index >= 15 is 0 Å². The molecular formula is C24H28ClN9O2S. The number of fused-ring (bicyclic) bond motifs is 1. The van der Waals surface area contributed by atoms with Crippen molar-refractivity contribution in [2.24, 2.45) is 7.05 Å². The van der Waals surface area contributed by atoms with E-state index in [1.54, 1.807) is 43.4 Å². The zero-order chi connectivity index (χ0) is 26.5. The fraction of sp³-hybridized carbons (Fsp3) is 0.375. The van der Waals surface area contributed by atoms with Gasteiger partial charge in [0.15, 0.2) is 11.0 Å². The fourth-order valence-electron chi connectivity index (χ4n) is 4.35. The molecule has 194 valence electrons. The lowest BCUT2D eigenvalue weighted by Crippen LogP contribution is -2.59. The molecule has 37 heavy (non-hydrogen) atoms. The van der Waals surface area contributed by atoms with Gasteiger partial charge in [-0.3, -0.25) is 4.68 Å². The normalized spacial score (nSPS) is 14.5. The quantitative estimate of drug-likeness (QED) is 0.375. The fourth-order valence-corrected chi connectivity index (χ4v) is 5.28. The van der Waals surface area contributed by atoms with Gasteiger partial charge in [-0.15, -0.1) is 0 Å². The molecule has 5 heterocycles. The number of halogens is 1. The summed E-state index contributed by atoms with van der Waals surface area (Å²) in [4.78, 5) is 20.4. The van der Waals surface area contributed by atoms with Gasteiger partial charge in [-0.05, 0) is 29.0 Å². The average molecular weight is 542 g/mol. The Balaban J connectivity index is 1.45. The van der Waals surface area contributed by atoms with Gasteiger partial charge in [0.25, 0.3) is 0 Å². The van der Waals surface area contributed by atoms with Gasteiger partial charge in [0.1, 0.15) is 17.5 Å². The van der Waals surface area contributed by atoms with E-state index in [9.17, 15) is 8.42 Å². The standard InChI is InChI=1S/C24H28ClN9O2S/c1-14(2)17-9-28-24(34-11-15(12-34)33(4)37(5,35)36)18-10-27-21(8-16(17)18)29-20-6-7-26-23(30-20)19-13-32(3)31-22(19)25/h6-10,13-15H,11-12H2,1-5H3,(H,26,27,29,30). The highest BCUT2D eigenvalue weighted by molar-refractivity contribution is 7.88. The lowest BCUT2D eigenvalue weighted by atomic mass is 9.98. The van der Waals surface area contributed by atoms with Gasteiger partial charge in [0.2, 0.25) is 10.0 Å². The molecule has 0 atom stereocenters. The minimum atomic E-state index is -3.24. The van der Waals surface area contributed by atoms with Gasteiger partial charge in [-0.25, -0.2) is 28.4 Å². The molecule has 1 fully saturated rings. The zero-order valence-electron chi connectivity index (χ0n) is 21.2. The van der Waals surface area contributed by atoms with Gasteiger partial charge in [0.05, 0.1) is 17.9 Å². The second-order valence-corrected chi connectivity index (χ2v) is 11.9. The van der Waals surface area contributed by atoms with Gasteiger partial charge in [-0.1, -0.05) is 25.4 Å². The number of nitrogens with zero attached hydrogens (tertiary/aromatic N) is 8. The maximum absolute atomic E-state index is 11.9. The van der Waals surface area contributed by atoms with Crippen molar-refractivity contribution in [1.82, 2.24) is 34.0 Å². The molecule has 1 aliphatic rings. The molecule has 13 heteroatoms. The molecule has 0 radical (unpaired) electrons. The van der Waals surface area contributed by atoms with E-state index in [2.05, 4.69) is 44.1 Å². The first-order valence-corrected chi connectivity index (χ1v) is 14.0. The van der Waals surface area contributed by atoms with Crippen LogP contribution in [-0.4, -0.2) is 74.9 Å². The van der Waals surface area contributed by atoms with Crippen LogP contribution in [0.1, 0.15) is 25.3 Å². The number of hydrogen-bond donors (Lipinski definition) is 1. The highest BCUT2D eigenvalue weighted by Gasteiger charge is 2.35. The lowest BCUT2D eigenvalue weighted by Gasteiger charge is -2.44. The molecule has 11 nitrogen and oxygen atoms in total. The molecule has 5 rings (SSSR count). The van der Waals surface area contributed by atoms with Crippen LogP contribution in [0.15, 0.2) is 36.9 Å². The molecule has 4 aromatic rings. The summed E-state index contributed by atoms with van der Waals surface area (Å²) in [6.07, 6.45) is 8.36. The number of sulfonamides is 1. The smallest absolute Gasteiger partial charge is 0.211 e. The van der Waals surface area contributed by atoms with Gasteiger partial charge >= 0.3 is 0 Å². The lowest BCUT2D eigenvalue weighted by molar-refractivity contribution is 0.312. The Hall–Kier alpha value is -3.35. The number of aromatic nitrogens is 6. The van der Waals surface area contributed by atoms with Crippen LogP contribution in [0.25, 0.3) is 22.2 Å². The molecule has 0 bridgehead atoms. The van der Waals surface area contributed by atoms with Crippen molar-refractivity contribution < 1.29 is 8.42 Å². The molecule has 0 aliphatic carbocycles.